The van der Waals surface area contributed by atoms with Gasteiger partial charge in [0.15, 0.2) is 0 Å². The highest BCUT2D eigenvalue weighted by molar-refractivity contribution is 5.53. The fourth-order valence-corrected chi connectivity index (χ4v) is 3.78. The smallest absolute Gasteiger partial charge is 0.0549 e. The van der Waals surface area contributed by atoms with Gasteiger partial charge in [-0.2, -0.15) is 0 Å². The molecule has 0 unspecified atom stereocenters. The number of nitrogens with zero attached hydrogens (tertiary/aromatic N) is 1. The molecule has 1 nitrogen and oxygen atoms in total. The lowest BCUT2D eigenvalue weighted by atomic mass is 10.0. The van der Waals surface area contributed by atoms with Gasteiger partial charge in [-0.1, -0.05) is 78.9 Å². The predicted molar refractivity (Wildman–Crippen MR) is 96.5 cm³/mol. The van der Waals surface area contributed by atoms with Gasteiger partial charge in [-0.15, -0.1) is 0 Å². The van der Waals surface area contributed by atoms with Gasteiger partial charge in [-0.05, 0) is 36.1 Å². The first-order chi connectivity index (χ1) is 11.4. The molecule has 0 aliphatic carbocycles. The molecule has 0 spiro atoms. The molecule has 0 amide bonds. The van der Waals surface area contributed by atoms with Gasteiger partial charge in [-0.3, -0.25) is 0 Å². The Kier molecular flexibility index (Phi) is 3.85. The van der Waals surface area contributed by atoms with E-state index in [1.807, 2.05) is 0 Å². The molecule has 0 radical (unpaired) electrons. The van der Waals surface area contributed by atoms with Gasteiger partial charge in [-0.25, -0.2) is 0 Å². The number of rotatable bonds is 3. The summed E-state index contributed by atoms with van der Waals surface area (Å²) in [6, 6.07) is 33.5. The molecule has 23 heavy (non-hydrogen) atoms. The van der Waals surface area contributed by atoms with Crippen molar-refractivity contribution >= 4 is 5.69 Å². The average Bonchev–Trinajstić information content (AvgIpc) is 3.09. The second-order valence-corrected chi connectivity index (χ2v) is 6.17. The summed E-state index contributed by atoms with van der Waals surface area (Å²) in [5.41, 5.74) is 4.14. The van der Waals surface area contributed by atoms with Crippen molar-refractivity contribution in [3.63, 3.8) is 0 Å². The van der Waals surface area contributed by atoms with Crippen molar-refractivity contribution in [2.45, 2.75) is 24.9 Å². The fraction of sp³-hybridized carbons (Fsp3) is 0.182. The Morgan fingerprint density at radius 2 is 0.913 bits per heavy atom. The summed E-state index contributed by atoms with van der Waals surface area (Å²) in [6.07, 6.45) is 2.39. The summed E-state index contributed by atoms with van der Waals surface area (Å²) < 4.78 is 0. The summed E-state index contributed by atoms with van der Waals surface area (Å²) in [6.45, 7) is 0. The summed E-state index contributed by atoms with van der Waals surface area (Å²) in [5, 5.41) is 0. The van der Waals surface area contributed by atoms with Crippen LogP contribution in [0.15, 0.2) is 91.0 Å². The third-order valence-corrected chi connectivity index (χ3v) is 4.81. The Balaban J connectivity index is 1.77. The molecule has 0 N–H and O–H groups in total. The van der Waals surface area contributed by atoms with Gasteiger partial charge >= 0.3 is 0 Å². The largest absolute Gasteiger partial charge is 0.357 e. The Morgan fingerprint density at radius 3 is 1.35 bits per heavy atom. The highest BCUT2D eigenvalue weighted by Gasteiger charge is 2.35. The maximum atomic E-state index is 2.60. The van der Waals surface area contributed by atoms with Crippen LogP contribution in [0.3, 0.4) is 0 Å². The Hall–Kier alpha value is -2.54. The Morgan fingerprint density at radius 1 is 0.522 bits per heavy atom. The summed E-state index contributed by atoms with van der Waals surface area (Å²) in [5.74, 6) is 0. The minimum Gasteiger partial charge on any atom is -0.357 e. The van der Waals surface area contributed by atoms with Crippen molar-refractivity contribution < 1.29 is 0 Å². The molecule has 1 heterocycles. The third-order valence-electron chi connectivity index (χ3n) is 4.81. The number of benzene rings is 3. The molecular weight excluding hydrogens is 278 g/mol. The zero-order chi connectivity index (χ0) is 15.5. The third kappa shape index (κ3) is 2.75. The molecule has 3 aromatic carbocycles. The van der Waals surface area contributed by atoms with E-state index in [0.717, 1.165) is 0 Å². The van der Waals surface area contributed by atoms with Gasteiger partial charge in [0.1, 0.15) is 0 Å². The fourth-order valence-electron chi connectivity index (χ4n) is 3.78. The van der Waals surface area contributed by atoms with Crippen molar-refractivity contribution in [1.29, 1.82) is 0 Å². The summed E-state index contributed by atoms with van der Waals surface area (Å²) in [4.78, 5) is 2.60. The van der Waals surface area contributed by atoms with Crippen molar-refractivity contribution in [2.24, 2.45) is 0 Å². The van der Waals surface area contributed by atoms with Gasteiger partial charge in [0, 0.05) is 5.69 Å². The normalized spacial score (nSPS) is 20.6. The second-order valence-electron chi connectivity index (χ2n) is 6.17. The molecule has 0 bridgehead atoms. The van der Waals surface area contributed by atoms with Crippen LogP contribution in [0.2, 0.25) is 0 Å². The first kappa shape index (κ1) is 14.1. The number of anilines is 1. The van der Waals surface area contributed by atoms with Crippen molar-refractivity contribution in [1.82, 2.24) is 0 Å². The molecule has 114 valence electrons. The van der Waals surface area contributed by atoms with Crippen LogP contribution in [-0.4, -0.2) is 0 Å². The molecule has 4 rings (SSSR count). The quantitative estimate of drug-likeness (QED) is 0.593. The first-order valence-corrected chi connectivity index (χ1v) is 8.37. The van der Waals surface area contributed by atoms with E-state index in [1.54, 1.807) is 0 Å². The zero-order valence-corrected chi connectivity index (χ0v) is 13.2. The summed E-state index contributed by atoms with van der Waals surface area (Å²) in [7, 11) is 0. The standard InChI is InChI=1S/C22H21N/c1-4-10-18(11-5-1)21-16-17-22(19-12-6-2-7-13-19)23(21)20-14-8-3-9-15-20/h1-15,21-22H,16-17H2/t21-,22-/m0/s1. The molecule has 0 aromatic heterocycles. The van der Waals surface area contributed by atoms with Crippen molar-refractivity contribution in [2.75, 3.05) is 4.90 Å². The van der Waals surface area contributed by atoms with Crippen LogP contribution in [0, 0.1) is 0 Å². The van der Waals surface area contributed by atoms with E-state index in [2.05, 4.69) is 95.9 Å². The van der Waals surface area contributed by atoms with Crippen LogP contribution < -0.4 is 4.90 Å². The van der Waals surface area contributed by atoms with Crippen LogP contribution >= 0.6 is 0 Å². The lowest BCUT2D eigenvalue weighted by Crippen LogP contribution is -2.25. The topological polar surface area (TPSA) is 3.24 Å². The van der Waals surface area contributed by atoms with E-state index in [1.165, 1.54) is 29.7 Å². The number of hydrogen-bond acceptors (Lipinski definition) is 1. The van der Waals surface area contributed by atoms with Crippen LogP contribution in [0.4, 0.5) is 5.69 Å². The molecule has 0 saturated carbocycles. The zero-order valence-electron chi connectivity index (χ0n) is 13.2. The van der Waals surface area contributed by atoms with E-state index in [0.29, 0.717) is 12.1 Å². The molecule has 2 atom stereocenters. The molecule has 1 aliphatic heterocycles. The SMILES string of the molecule is c1ccc([C@@H]2CC[C@@H](c3ccccc3)N2c2ccccc2)cc1. The Bertz CT molecular complexity index is 689. The van der Waals surface area contributed by atoms with Crippen LogP contribution in [-0.2, 0) is 0 Å². The van der Waals surface area contributed by atoms with E-state index in [4.69, 9.17) is 0 Å². The lowest BCUT2D eigenvalue weighted by molar-refractivity contribution is 0.674. The van der Waals surface area contributed by atoms with Crippen molar-refractivity contribution in [3.8, 4) is 0 Å². The molecule has 3 aromatic rings. The van der Waals surface area contributed by atoms with Gasteiger partial charge in [0.05, 0.1) is 12.1 Å². The first-order valence-electron chi connectivity index (χ1n) is 8.37. The lowest BCUT2D eigenvalue weighted by Gasteiger charge is -2.33. The van der Waals surface area contributed by atoms with E-state index >= 15 is 0 Å². The minimum atomic E-state index is 0.448. The monoisotopic (exact) mass is 299 g/mol. The minimum absolute atomic E-state index is 0.448. The van der Waals surface area contributed by atoms with E-state index < -0.39 is 0 Å². The summed E-state index contributed by atoms with van der Waals surface area (Å²) >= 11 is 0. The van der Waals surface area contributed by atoms with Gasteiger partial charge in [0.25, 0.3) is 0 Å². The molecular formula is C22H21N. The maximum absolute atomic E-state index is 2.60. The van der Waals surface area contributed by atoms with E-state index in [-0.39, 0.29) is 0 Å². The van der Waals surface area contributed by atoms with Crippen molar-refractivity contribution in [3.05, 3.63) is 102 Å². The highest BCUT2D eigenvalue weighted by Crippen LogP contribution is 2.46. The van der Waals surface area contributed by atoms with Crippen LogP contribution in [0.5, 0.6) is 0 Å². The number of para-hydroxylation sites is 1. The Labute approximate surface area is 138 Å². The van der Waals surface area contributed by atoms with Gasteiger partial charge in [0.2, 0.25) is 0 Å². The highest BCUT2D eigenvalue weighted by atomic mass is 15.2. The predicted octanol–water partition coefficient (Wildman–Crippen LogP) is 5.77. The number of hydrogen-bond donors (Lipinski definition) is 0. The maximum Gasteiger partial charge on any atom is 0.0549 e. The molecule has 1 aliphatic rings. The van der Waals surface area contributed by atoms with Crippen LogP contribution in [0.1, 0.15) is 36.1 Å². The molecule has 1 saturated heterocycles. The van der Waals surface area contributed by atoms with Gasteiger partial charge < -0.3 is 4.90 Å². The second kappa shape index (κ2) is 6.29. The molecule has 1 fully saturated rings. The van der Waals surface area contributed by atoms with Crippen LogP contribution in [0.25, 0.3) is 0 Å². The molecule has 1 heteroatoms. The van der Waals surface area contributed by atoms with E-state index in [9.17, 15) is 0 Å². The average molecular weight is 299 g/mol.